The van der Waals surface area contributed by atoms with Gasteiger partial charge in [0.05, 0.1) is 0 Å². The highest BCUT2D eigenvalue weighted by Crippen LogP contribution is 2.28. The number of aromatic nitrogens is 2. The monoisotopic (exact) mass is 355 g/mol. The Bertz CT molecular complexity index is 775. The second-order valence-corrected chi connectivity index (χ2v) is 7.42. The van der Waals surface area contributed by atoms with Crippen LogP contribution in [0.25, 0.3) is 0 Å². The van der Waals surface area contributed by atoms with E-state index in [1.807, 2.05) is 60.7 Å². The van der Waals surface area contributed by atoms with Gasteiger partial charge < -0.3 is 5.32 Å². The van der Waals surface area contributed by atoms with Gasteiger partial charge in [-0.3, -0.25) is 4.79 Å². The van der Waals surface area contributed by atoms with Crippen molar-refractivity contribution < 1.29 is 4.79 Å². The highest BCUT2D eigenvalue weighted by molar-refractivity contribution is 8.01. The summed E-state index contributed by atoms with van der Waals surface area (Å²) < 4.78 is 0.917. The van der Waals surface area contributed by atoms with Crippen molar-refractivity contribution in [3.63, 3.8) is 0 Å². The fraction of sp³-hybridized carbons (Fsp3) is 0.167. The van der Waals surface area contributed by atoms with Crippen molar-refractivity contribution >= 4 is 39.7 Å². The lowest BCUT2D eigenvalue weighted by Gasteiger charge is -2.00. The number of Topliss-reactive ketones (excluding diaryl/α,β-unsaturated/α-hetero) is 1. The van der Waals surface area contributed by atoms with E-state index in [0.717, 1.165) is 32.9 Å². The second kappa shape index (κ2) is 8.61. The van der Waals surface area contributed by atoms with Crippen LogP contribution in [0, 0.1) is 0 Å². The summed E-state index contributed by atoms with van der Waals surface area (Å²) in [6, 6.07) is 19.3. The van der Waals surface area contributed by atoms with Crippen molar-refractivity contribution in [1.82, 2.24) is 10.2 Å². The molecule has 3 rings (SSSR count). The molecule has 0 fully saturated rings. The summed E-state index contributed by atoms with van der Waals surface area (Å²) in [4.78, 5) is 12.0. The first kappa shape index (κ1) is 16.7. The molecule has 1 N–H and O–H groups in total. The number of ketones is 1. The zero-order valence-electron chi connectivity index (χ0n) is 13.0. The lowest BCUT2D eigenvalue weighted by atomic mass is 10.1. The third kappa shape index (κ3) is 4.91. The van der Waals surface area contributed by atoms with Crippen LogP contribution in [0.4, 0.5) is 10.8 Å². The summed E-state index contributed by atoms with van der Waals surface area (Å²) in [5.41, 5.74) is 1.78. The van der Waals surface area contributed by atoms with E-state index in [4.69, 9.17) is 0 Å². The summed E-state index contributed by atoms with van der Waals surface area (Å²) in [5, 5.41) is 12.3. The maximum Gasteiger partial charge on any atom is 0.210 e. The SMILES string of the molecule is O=C(CCCSc1nnc(Nc2ccccc2)s1)c1ccccc1. The van der Waals surface area contributed by atoms with Crippen molar-refractivity contribution in [2.75, 3.05) is 11.1 Å². The average Bonchev–Trinajstić information content (AvgIpc) is 3.07. The largest absolute Gasteiger partial charge is 0.330 e. The number of hydrogen-bond donors (Lipinski definition) is 1. The number of para-hydroxylation sites is 1. The number of nitrogens with one attached hydrogen (secondary N) is 1. The highest BCUT2D eigenvalue weighted by atomic mass is 32.2. The molecule has 0 spiro atoms. The van der Waals surface area contributed by atoms with Gasteiger partial charge in [0.15, 0.2) is 10.1 Å². The number of carbonyl (C=O) groups excluding carboxylic acids is 1. The predicted octanol–water partition coefficient (Wildman–Crippen LogP) is 5.04. The maximum absolute atomic E-state index is 12.0. The standard InChI is InChI=1S/C18H17N3OS2/c22-16(14-8-3-1-4-9-14)12-7-13-23-18-21-20-17(24-18)19-15-10-5-2-6-11-15/h1-6,8-11H,7,12-13H2,(H,19,20). The number of hydrogen-bond acceptors (Lipinski definition) is 6. The van der Waals surface area contributed by atoms with E-state index < -0.39 is 0 Å². The van der Waals surface area contributed by atoms with E-state index in [2.05, 4.69) is 15.5 Å². The van der Waals surface area contributed by atoms with Gasteiger partial charge in [-0.2, -0.15) is 0 Å². The Morgan fingerprint density at radius 1 is 1.00 bits per heavy atom. The molecule has 122 valence electrons. The minimum atomic E-state index is 0.194. The van der Waals surface area contributed by atoms with Crippen LogP contribution >= 0.6 is 23.1 Å². The van der Waals surface area contributed by atoms with Crippen molar-refractivity contribution in [2.45, 2.75) is 17.2 Å². The molecule has 4 nitrogen and oxygen atoms in total. The third-order valence-corrected chi connectivity index (χ3v) is 5.36. The number of thioether (sulfide) groups is 1. The van der Waals surface area contributed by atoms with Gasteiger partial charge in [0.1, 0.15) is 0 Å². The van der Waals surface area contributed by atoms with Crippen LogP contribution in [0.15, 0.2) is 65.0 Å². The molecule has 0 amide bonds. The van der Waals surface area contributed by atoms with Crippen LogP contribution in [0.3, 0.4) is 0 Å². The van der Waals surface area contributed by atoms with E-state index in [-0.39, 0.29) is 5.78 Å². The minimum Gasteiger partial charge on any atom is -0.330 e. The van der Waals surface area contributed by atoms with E-state index in [1.165, 1.54) is 11.3 Å². The lowest BCUT2D eigenvalue weighted by molar-refractivity contribution is 0.0982. The molecule has 6 heteroatoms. The van der Waals surface area contributed by atoms with Gasteiger partial charge in [0, 0.05) is 23.4 Å². The summed E-state index contributed by atoms with van der Waals surface area (Å²) in [7, 11) is 0. The van der Waals surface area contributed by atoms with Gasteiger partial charge in [-0.15, -0.1) is 10.2 Å². The molecule has 0 unspecified atom stereocenters. The first-order valence-electron chi connectivity index (χ1n) is 7.68. The number of carbonyl (C=O) groups is 1. The first-order valence-corrected chi connectivity index (χ1v) is 9.48. The molecule has 3 aromatic rings. The van der Waals surface area contributed by atoms with Crippen LogP contribution in [-0.2, 0) is 0 Å². The normalized spacial score (nSPS) is 10.5. The van der Waals surface area contributed by atoms with E-state index in [0.29, 0.717) is 6.42 Å². The number of rotatable bonds is 8. The Morgan fingerprint density at radius 2 is 1.71 bits per heavy atom. The molecule has 0 radical (unpaired) electrons. The van der Waals surface area contributed by atoms with Crippen LogP contribution in [0.1, 0.15) is 23.2 Å². The first-order chi connectivity index (χ1) is 11.8. The molecular weight excluding hydrogens is 338 g/mol. The fourth-order valence-electron chi connectivity index (χ4n) is 2.12. The lowest BCUT2D eigenvalue weighted by Crippen LogP contribution is -1.98. The molecule has 0 aliphatic rings. The van der Waals surface area contributed by atoms with Gasteiger partial charge in [0.2, 0.25) is 5.13 Å². The molecule has 1 aromatic heterocycles. The van der Waals surface area contributed by atoms with Crippen LogP contribution in [-0.4, -0.2) is 21.7 Å². The average molecular weight is 355 g/mol. The summed E-state index contributed by atoms with van der Waals surface area (Å²) >= 11 is 3.17. The molecule has 0 saturated carbocycles. The molecule has 0 saturated heterocycles. The van der Waals surface area contributed by atoms with Crippen LogP contribution in [0.5, 0.6) is 0 Å². The van der Waals surface area contributed by atoms with Gasteiger partial charge in [-0.1, -0.05) is 71.6 Å². The molecule has 1 heterocycles. The Labute approximate surface area is 149 Å². The maximum atomic E-state index is 12.0. The van der Waals surface area contributed by atoms with Crippen LogP contribution in [0.2, 0.25) is 0 Å². The number of nitrogens with zero attached hydrogens (tertiary/aromatic N) is 2. The fourth-order valence-corrected chi connectivity index (χ4v) is 3.91. The van der Waals surface area contributed by atoms with Gasteiger partial charge in [-0.25, -0.2) is 0 Å². The summed E-state index contributed by atoms with van der Waals surface area (Å²) in [5.74, 6) is 1.05. The van der Waals surface area contributed by atoms with E-state index >= 15 is 0 Å². The van der Waals surface area contributed by atoms with E-state index in [1.54, 1.807) is 11.8 Å². The Hall–Kier alpha value is -2.18. The minimum absolute atomic E-state index is 0.194. The number of anilines is 2. The molecule has 0 atom stereocenters. The molecule has 24 heavy (non-hydrogen) atoms. The predicted molar refractivity (Wildman–Crippen MR) is 100 cm³/mol. The molecule has 0 aliphatic heterocycles. The Morgan fingerprint density at radius 3 is 2.46 bits per heavy atom. The van der Waals surface area contributed by atoms with Crippen LogP contribution < -0.4 is 5.32 Å². The van der Waals surface area contributed by atoms with Crippen molar-refractivity contribution in [3.8, 4) is 0 Å². The summed E-state index contributed by atoms with van der Waals surface area (Å²) in [6.45, 7) is 0. The molecule has 0 bridgehead atoms. The third-order valence-electron chi connectivity index (χ3n) is 3.30. The smallest absolute Gasteiger partial charge is 0.210 e. The van der Waals surface area contributed by atoms with Gasteiger partial charge in [0.25, 0.3) is 0 Å². The Balaban J connectivity index is 1.42. The van der Waals surface area contributed by atoms with Crippen molar-refractivity contribution in [1.29, 1.82) is 0 Å². The Kier molecular flexibility index (Phi) is 5.98. The molecular formula is C18H17N3OS2. The summed E-state index contributed by atoms with van der Waals surface area (Å²) in [6.07, 6.45) is 1.39. The van der Waals surface area contributed by atoms with Crippen molar-refractivity contribution in [2.24, 2.45) is 0 Å². The van der Waals surface area contributed by atoms with E-state index in [9.17, 15) is 4.79 Å². The second-order valence-electron chi connectivity index (χ2n) is 5.11. The zero-order valence-corrected chi connectivity index (χ0v) is 14.6. The topological polar surface area (TPSA) is 54.9 Å². The molecule has 0 aliphatic carbocycles. The number of benzene rings is 2. The quantitative estimate of drug-likeness (QED) is 0.349. The van der Waals surface area contributed by atoms with Crippen molar-refractivity contribution in [3.05, 3.63) is 66.2 Å². The zero-order chi connectivity index (χ0) is 16.6. The highest BCUT2D eigenvalue weighted by Gasteiger charge is 2.07. The molecule has 2 aromatic carbocycles. The van der Waals surface area contributed by atoms with Gasteiger partial charge >= 0.3 is 0 Å². The van der Waals surface area contributed by atoms with Gasteiger partial charge in [-0.05, 0) is 18.6 Å².